The van der Waals surface area contributed by atoms with Gasteiger partial charge >= 0.3 is 0 Å². The first-order valence-corrected chi connectivity index (χ1v) is 4.57. The highest BCUT2D eigenvalue weighted by Gasteiger charge is 2.08. The van der Waals surface area contributed by atoms with Gasteiger partial charge in [0.1, 0.15) is 0 Å². The lowest BCUT2D eigenvalue weighted by molar-refractivity contribution is 0.326. The molecule has 0 atom stereocenters. The number of nitrogens with two attached hydrogens (primary N) is 1. The van der Waals surface area contributed by atoms with Crippen molar-refractivity contribution in [3.63, 3.8) is 0 Å². The van der Waals surface area contributed by atoms with E-state index >= 15 is 0 Å². The van der Waals surface area contributed by atoms with Crippen LogP contribution < -0.4 is 10.5 Å². The van der Waals surface area contributed by atoms with E-state index in [0.717, 1.165) is 16.6 Å². The molecule has 2 aromatic rings. The first kappa shape index (κ1) is 8.87. The highest BCUT2D eigenvalue weighted by molar-refractivity contribution is 5.87. The summed E-state index contributed by atoms with van der Waals surface area (Å²) in [6, 6.07) is 5.69. The van der Waals surface area contributed by atoms with E-state index < -0.39 is 0 Å². The average molecular weight is 191 g/mol. The number of fused-ring (bicyclic) bond motifs is 1. The van der Waals surface area contributed by atoms with Crippen LogP contribution in [0, 0.1) is 0 Å². The predicted molar refractivity (Wildman–Crippen MR) is 56.3 cm³/mol. The van der Waals surface area contributed by atoms with Crippen LogP contribution in [0.25, 0.3) is 10.9 Å². The van der Waals surface area contributed by atoms with E-state index in [9.17, 15) is 0 Å². The molecule has 0 unspecified atom stereocenters. The van der Waals surface area contributed by atoms with Crippen LogP contribution in [0.4, 0.5) is 5.69 Å². The molecule has 0 bridgehead atoms. The Morgan fingerprint density at radius 2 is 2.29 bits per heavy atom. The van der Waals surface area contributed by atoms with Crippen LogP contribution >= 0.6 is 0 Å². The number of ether oxygens (including phenoxy) is 1. The van der Waals surface area contributed by atoms with Gasteiger partial charge in [-0.05, 0) is 25.1 Å². The Morgan fingerprint density at radius 3 is 3.00 bits per heavy atom. The fourth-order valence-electron chi connectivity index (χ4n) is 1.49. The van der Waals surface area contributed by atoms with Crippen molar-refractivity contribution in [1.82, 2.24) is 9.78 Å². The maximum absolute atomic E-state index is 5.71. The summed E-state index contributed by atoms with van der Waals surface area (Å²) in [5.74, 6) is 0.650. The summed E-state index contributed by atoms with van der Waals surface area (Å²) in [5, 5.41) is 5.23. The van der Waals surface area contributed by atoms with Crippen LogP contribution in [0.5, 0.6) is 5.88 Å². The summed E-state index contributed by atoms with van der Waals surface area (Å²) >= 11 is 0. The largest absolute Gasteiger partial charge is 0.476 e. The second-order valence-corrected chi connectivity index (χ2v) is 3.14. The molecule has 0 amide bonds. The van der Waals surface area contributed by atoms with E-state index in [4.69, 9.17) is 10.5 Å². The number of nitrogens with zero attached hydrogens (tertiary/aromatic N) is 2. The molecule has 0 fully saturated rings. The quantitative estimate of drug-likeness (QED) is 0.733. The molecule has 74 valence electrons. The van der Waals surface area contributed by atoms with E-state index in [1.54, 1.807) is 4.68 Å². The monoisotopic (exact) mass is 191 g/mol. The number of hydrogen-bond acceptors (Lipinski definition) is 3. The summed E-state index contributed by atoms with van der Waals surface area (Å²) in [4.78, 5) is 0. The van der Waals surface area contributed by atoms with Gasteiger partial charge in [-0.15, -0.1) is 5.10 Å². The van der Waals surface area contributed by atoms with E-state index in [-0.39, 0.29) is 0 Å². The minimum absolute atomic E-state index is 0.612. The van der Waals surface area contributed by atoms with E-state index in [2.05, 4.69) is 5.10 Å². The third kappa shape index (κ3) is 1.28. The number of nitrogen functional groups attached to an aromatic ring is 1. The Bertz CT molecular complexity index is 462. The van der Waals surface area contributed by atoms with Crippen molar-refractivity contribution in [3.05, 3.63) is 18.2 Å². The van der Waals surface area contributed by atoms with Gasteiger partial charge in [0.25, 0.3) is 0 Å². The van der Waals surface area contributed by atoms with Crippen molar-refractivity contribution in [1.29, 1.82) is 0 Å². The molecule has 4 heteroatoms. The average Bonchev–Trinajstić information content (AvgIpc) is 2.44. The fourth-order valence-corrected chi connectivity index (χ4v) is 1.49. The molecular formula is C10H13N3O. The number of aromatic nitrogens is 2. The van der Waals surface area contributed by atoms with E-state index in [1.807, 2.05) is 32.2 Å². The van der Waals surface area contributed by atoms with Gasteiger partial charge in [0.15, 0.2) is 0 Å². The molecule has 4 nitrogen and oxygen atoms in total. The number of benzene rings is 1. The molecule has 1 heterocycles. The van der Waals surface area contributed by atoms with Gasteiger partial charge in [-0.2, -0.15) is 0 Å². The highest BCUT2D eigenvalue weighted by atomic mass is 16.5. The summed E-state index contributed by atoms with van der Waals surface area (Å²) in [6.45, 7) is 2.55. The van der Waals surface area contributed by atoms with Gasteiger partial charge in [-0.3, -0.25) is 4.68 Å². The molecule has 0 saturated carbocycles. The van der Waals surface area contributed by atoms with Crippen molar-refractivity contribution < 1.29 is 4.74 Å². The standard InChI is InChI=1S/C10H13N3O/c1-3-14-10-8-6-7(11)4-5-9(8)13(2)12-10/h4-6H,3,11H2,1-2H3. The van der Waals surface area contributed by atoms with Crippen LogP contribution in [-0.4, -0.2) is 16.4 Å². The van der Waals surface area contributed by atoms with Crippen LogP contribution in [0.2, 0.25) is 0 Å². The molecule has 0 radical (unpaired) electrons. The molecule has 0 aliphatic rings. The van der Waals surface area contributed by atoms with E-state index in [0.29, 0.717) is 12.5 Å². The summed E-state index contributed by atoms with van der Waals surface area (Å²) in [7, 11) is 1.89. The SMILES string of the molecule is CCOc1nn(C)c2ccc(N)cc12. The third-order valence-corrected chi connectivity index (χ3v) is 2.12. The fraction of sp³-hybridized carbons (Fsp3) is 0.300. The number of rotatable bonds is 2. The predicted octanol–water partition coefficient (Wildman–Crippen LogP) is 1.55. The Kier molecular flexibility index (Phi) is 2.04. The molecule has 1 aromatic heterocycles. The van der Waals surface area contributed by atoms with Crippen LogP contribution in [0.15, 0.2) is 18.2 Å². The molecule has 0 saturated heterocycles. The zero-order valence-corrected chi connectivity index (χ0v) is 8.32. The van der Waals surface area contributed by atoms with Crippen LogP contribution in [0.3, 0.4) is 0 Å². The molecule has 0 aliphatic carbocycles. The van der Waals surface area contributed by atoms with Gasteiger partial charge in [-0.1, -0.05) is 0 Å². The summed E-state index contributed by atoms with van der Waals surface area (Å²) in [6.07, 6.45) is 0. The van der Waals surface area contributed by atoms with Crippen molar-refractivity contribution in [2.45, 2.75) is 6.92 Å². The maximum Gasteiger partial charge on any atom is 0.240 e. The Labute approximate surface area is 82.3 Å². The highest BCUT2D eigenvalue weighted by Crippen LogP contribution is 2.26. The Balaban J connectivity index is 2.66. The second kappa shape index (κ2) is 3.21. The van der Waals surface area contributed by atoms with Crippen molar-refractivity contribution in [2.75, 3.05) is 12.3 Å². The van der Waals surface area contributed by atoms with Gasteiger partial charge in [0.05, 0.1) is 17.5 Å². The lowest BCUT2D eigenvalue weighted by Crippen LogP contribution is -1.94. The topological polar surface area (TPSA) is 53.1 Å². The van der Waals surface area contributed by atoms with Gasteiger partial charge < -0.3 is 10.5 Å². The molecule has 1 aromatic carbocycles. The van der Waals surface area contributed by atoms with Crippen LogP contribution in [0.1, 0.15) is 6.92 Å². The van der Waals surface area contributed by atoms with Crippen LogP contribution in [-0.2, 0) is 7.05 Å². The van der Waals surface area contributed by atoms with Gasteiger partial charge in [0, 0.05) is 12.7 Å². The number of aryl methyl sites for hydroxylation is 1. The normalized spacial score (nSPS) is 10.7. The maximum atomic E-state index is 5.71. The third-order valence-electron chi connectivity index (χ3n) is 2.12. The lowest BCUT2D eigenvalue weighted by atomic mass is 10.2. The minimum Gasteiger partial charge on any atom is -0.476 e. The van der Waals surface area contributed by atoms with Crippen molar-refractivity contribution in [3.8, 4) is 5.88 Å². The molecule has 2 rings (SSSR count). The zero-order chi connectivity index (χ0) is 10.1. The summed E-state index contributed by atoms with van der Waals surface area (Å²) < 4.78 is 7.20. The van der Waals surface area contributed by atoms with Crippen molar-refractivity contribution >= 4 is 16.6 Å². The minimum atomic E-state index is 0.612. The lowest BCUT2D eigenvalue weighted by Gasteiger charge is -1.97. The smallest absolute Gasteiger partial charge is 0.240 e. The van der Waals surface area contributed by atoms with E-state index in [1.165, 1.54) is 0 Å². The number of hydrogen-bond donors (Lipinski definition) is 1. The Hall–Kier alpha value is -1.71. The first-order valence-electron chi connectivity index (χ1n) is 4.57. The summed E-state index contributed by atoms with van der Waals surface area (Å²) in [5.41, 5.74) is 7.46. The second-order valence-electron chi connectivity index (χ2n) is 3.14. The van der Waals surface area contributed by atoms with Crippen molar-refractivity contribution in [2.24, 2.45) is 7.05 Å². The zero-order valence-electron chi connectivity index (χ0n) is 8.32. The Morgan fingerprint density at radius 1 is 1.50 bits per heavy atom. The molecule has 2 N–H and O–H groups in total. The van der Waals surface area contributed by atoms with Gasteiger partial charge in [-0.25, -0.2) is 0 Å². The van der Waals surface area contributed by atoms with Gasteiger partial charge in [0.2, 0.25) is 5.88 Å². The molecule has 0 spiro atoms. The first-order chi connectivity index (χ1) is 6.72. The molecule has 14 heavy (non-hydrogen) atoms. The number of anilines is 1. The molecule has 0 aliphatic heterocycles. The molecular weight excluding hydrogens is 178 g/mol.